The number of nitrogens with zero attached hydrogens (tertiary/aromatic N) is 1. The van der Waals surface area contributed by atoms with Crippen LogP contribution in [0.3, 0.4) is 0 Å². The fraction of sp³-hybridized carbons (Fsp3) is 0.172. The predicted octanol–water partition coefficient (Wildman–Crippen LogP) is 5.27. The molecule has 1 aromatic heterocycles. The van der Waals surface area contributed by atoms with Crippen LogP contribution in [-0.2, 0) is 29.1 Å². The Kier molecular flexibility index (Phi) is 8.78. The van der Waals surface area contributed by atoms with Crippen LogP contribution in [0.5, 0.6) is 5.75 Å². The van der Waals surface area contributed by atoms with Crippen molar-refractivity contribution in [3.05, 3.63) is 125 Å². The second kappa shape index (κ2) is 12.6. The van der Waals surface area contributed by atoms with E-state index in [1.54, 1.807) is 47.6 Å². The lowest BCUT2D eigenvalue weighted by Crippen LogP contribution is -2.51. The maximum absolute atomic E-state index is 13.5. The monoisotopic (exact) mass is 502 g/mol. The van der Waals surface area contributed by atoms with Crippen molar-refractivity contribution in [2.45, 2.75) is 25.6 Å². The van der Waals surface area contributed by atoms with Crippen molar-refractivity contribution in [1.29, 1.82) is 0 Å². The molecule has 0 bridgehead atoms. The molecule has 0 unspecified atom stereocenters. The molecule has 6 nitrogen and oxygen atoms in total. The van der Waals surface area contributed by atoms with E-state index in [0.717, 1.165) is 11.1 Å². The number of benzene rings is 3. The Balaban J connectivity index is 1.60. The van der Waals surface area contributed by atoms with Gasteiger partial charge in [0.1, 0.15) is 17.6 Å². The van der Waals surface area contributed by atoms with Crippen LogP contribution in [0.2, 0.25) is 5.02 Å². The number of para-hydroxylation sites is 1. The van der Waals surface area contributed by atoms with Gasteiger partial charge in [-0.1, -0.05) is 72.3 Å². The first-order chi connectivity index (χ1) is 17.6. The molecule has 1 atom stereocenters. The van der Waals surface area contributed by atoms with Crippen molar-refractivity contribution in [1.82, 2.24) is 10.2 Å². The lowest BCUT2D eigenvalue weighted by molar-refractivity contribution is -0.142. The Morgan fingerprint density at radius 3 is 2.22 bits per heavy atom. The van der Waals surface area contributed by atoms with E-state index >= 15 is 0 Å². The summed E-state index contributed by atoms with van der Waals surface area (Å²) in [5.74, 6) is 0.629. The molecule has 0 spiro atoms. The first-order valence-electron chi connectivity index (χ1n) is 11.6. The summed E-state index contributed by atoms with van der Waals surface area (Å²) in [4.78, 5) is 28.6. The van der Waals surface area contributed by atoms with Gasteiger partial charge in [0.15, 0.2) is 6.61 Å². The fourth-order valence-electron chi connectivity index (χ4n) is 3.79. The molecule has 1 heterocycles. The number of ether oxygens (including phenoxy) is 1. The van der Waals surface area contributed by atoms with E-state index in [1.807, 2.05) is 60.7 Å². The molecule has 7 heteroatoms. The van der Waals surface area contributed by atoms with Crippen molar-refractivity contribution in [2.75, 3.05) is 6.61 Å². The molecule has 0 aliphatic heterocycles. The van der Waals surface area contributed by atoms with E-state index in [-0.39, 0.29) is 31.5 Å². The number of nitrogens with one attached hydrogen (secondary N) is 1. The van der Waals surface area contributed by atoms with Crippen LogP contribution in [0.25, 0.3) is 0 Å². The maximum Gasteiger partial charge on any atom is 0.261 e. The Labute approximate surface area is 215 Å². The van der Waals surface area contributed by atoms with Gasteiger partial charge in [-0.3, -0.25) is 9.59 Å². The first-order valence-corrected chi connectivity index (χ1v) is 12.0. The summed E-state index contributed by atoms with van der Waals surface area (Å²) in [6.45, 7) is 0.245. The fourth-order valence-corrected chi connectivity index (χ4v) is 3.92. The third kappa shape index (κ3) is 7.23. The predicted molar refractivity (Wildman–Crippen MR) is 138 cm³/mol. The zero-order valence-corrected chi connectivity index (χ0v) is 20.4. The molecule has 0 aliphatic carbocycles. The molecule has 0 fully saturated rings. The minimum Gasteiger partial charge on any atom is -0.484 e. The molecule has 0 saturated carbocycles. The molecule has 0 aliphatic rings. The van der Waals surface area contributed by atoms with Crippen molar-refractivity contribution in [3.8, 4) is 5.75 Å². The maximum atomic E-state index is 13.5. The second-order valence-electron chi connectivity index (χ2n) is 8.25. The third-order valence-electron chi connectivity index (χ3n) is 5.66. The number of hydrogen-bond acceptors (Lipinski definition) is 4. The van der Waals surface area contributed by atoms with E-state index in [1.165, 1.54) is 0 Å². The van der Waals surface area contributed by atoms with E-state index < -0.39 is 6.04 Å². The van der Waals surface area contributed by atoms with Gasteiger partial charge in [0.05, 0.1) is 12.8 Å². The SMILES string of the molecule is O=C(NCc1ccco1)[C@H](Cc1ccccc1)N(Cc1ccc(Cl)cc1)C(=O)COc1ccccc1. The van der Waals surface area contributed by atoms with Crippen LogP contribution in [0.4, 0.5) is 0 Å². The largest absolute Gasteiger partial charge is 0.484 e. The summed E-state index contributed by atoms with van der Waals surface area (Å²) in [5.41, 5.74) is 1.79. The standard InChI is InChI=1S/C29H27ClN2O4/c30-24-15-13-23(14-16-24)20-32(28(33)21-36-25-10-5-2-6-11-25)27(18-22-8-3-1-4-9-22)29(34)31-19-26-12-7-17-35-26/h1-17,27H,18-21H2,(H,31,34)/t27-/m0/s1. The summed E-state index contributed by atoms with van der Waals surface area (Å²) < 4.78 is 11.1. The molecule has 3 aromatic carbocycles. The smallest absolute Gasteiger partial charge is 0.261 e. The van der Waals surface area contributed by atoms with Gasteiger partial charge in [-0.05, 0) is 47.5 Å². The van der Waals surface area contributed by atoms with Crippen molar-refractivity contribution < 1.29 is 18.7 Å². The number of hydrogen-bond donors (Lipinski definition) is 1. The molecule has 4 aromatic rings. The summed E-state index contributed by atoms with van der Waals surface area (Å²) >= 11 is 6.07. The average molecular weight is 503 g/mol. The summed E-state index contributed by atoms with van der Waals surface area (Å²) in [5, 5.41) is 3.52. The highest BCUT2D eigenvalue weighted by atomic mass is 35.5. The van der Waals surface area contributed by atoms with Crippen molar-refractivity contribution >= 4 is 23.4 Å². The lowest BCUT2D eigenvalue weighted by Gasteiger charge is -2.31. The van der Waals surface area contributed by atoms with Crippen LogP contribution in [0.1, 0.15) is 16.9 Å². The van der Waals surface area contributed by atoms with Crippen molar-refractivity contribution in [3.63, 3.8) is 0 Å². The number of halogens is 1. The van der Waals surface area contributed by atoms with Gasteiger partial charge in [-0.25, -0.2) is 0 Å². The Morgan fingerprint density at radius 1 is 0.861 bits per heavy atom. The van der Waals surface area contributed by atoms with Crippen LogP contribution >= 0.6 is 11.6 Å². The van der Waals surface area contributed by atoms with Gasteiger partial charge >= 0.3 is 0 Å². The number of carbonyl (C=O) groups excluding carboxylic acids is 2. The summed E-state index contributed by atoms with van der Waals surface area (Å²) in [6, 6.07) is 28.8. The molecular weight excluding hydrogens is 476 g/mol. The molecule has 0 saturated heterocycles. The number of carbonyl (C=O) groups is 2. The zero-order chi connectivity index (χ0) is 25.2. The molecule has 184 valence electrons. The number of furan rings is 1. The van der Waals surface area contributed by atoms with E-state index in [9.17, 15) is 9.59 Å². The minimum atomic E-state index is -0.773. The Hall–Kier alpha value is -4.03. The van der Waals surface area contributed by atoms with E-state index in [2.05, 4.69) is 5.32 Å². The molecule has 2 amide bonds. The van der Waals surface area contributed by atoms with Gasteiger partial charge < -0.3 is 19.4 Å². The average Bonchev–Trinajstić information content (AvgIpc) is 3.44. The van der Waals surface area contributed by atoms with Crippen LogP contribution < -0.4 is 10.1 Å². The van der Waals surface area contributed by atoms with Crippen LogP contribution in [0.15, 0.2) is 108 Å². The van der Waals surface area contributed by atoms with Crippen LogP contribution in [0, 0.1) is 0 Å². The van der Waals surface area contributed by atoms with Crippen LogP contribution in [-0.4, -0.2) is 29.4 Å². The van der Waals surface area contributed by atoms with E-state index in [4.69, 9.17) is 20.8 Å². The number of amides is 2. The normalized spacial score (nSPS) is 11.5. The summed E-state index contributed by atoms with van der Waals surface area (Å²) in [7, 11) is 0. The van der Waals surface area contributed by atoms with Gasteiger partial charge in [0.2, 0.25) is 5.91 Å². The highest BCUT2D eigenvalue weighted by molar-refractivity contribution is 6.30. The molecule has 4 rings (SSSR count). The highest BCUT2D eigenvalue weighted by Crippen LogP contribution is 2.18. The molecular formula is C29H27ClN2O4. The lowest BCUT2D eigenvalue weighted by atomic mass is 10.0. The zero-order valence-electron chi connectivity index (χ0n) is 19.7. The Morgan fingerprint density at radius 2 is 1.56 bits per heavy atom. The van der Waals surface area contributed by atoms with Crippen molar-refractivity contribution in [2.24, 2.45) is 0 Å². The first kappa shape index (κ1) is 25.1. The quantitative estimate of drug-likeness (QED) is 0.303. The summed E-state index contributed by atoms with van der Waals surface area (Å²) in [6.07, 6.45) is 1.90. The van der Waals surface area contributed by atoms with E-state index in [0.29, 0.717) is 23.0 Å². The topological polar surface area (TPSA) is 71.8 Å². The molecule has 1 N–H and O–H groups in total. The molecule has 0 radical (unpaired) electrons. The van der Waals surface area contributed by atoms with Gasteiger partial charge in [-0.15, -0.1) is 0 Å². The minimum absolute atomic E-state index is 0.200. The third-order valence-corrected chi connectivity index (χ3v) is 5.91. The van der Waals surface area contributed by atoms with Gasteiger partial charge in [-0.2, -0.15) is 0 Å². The molecule has 36 heavy (non-hydrogen) atoms. The Bertz CT molecular complexity index is 1230. The number of rotatable bonds is 11. The second-order valence-corrected chi connectivity index (χ2v) is 8.69. The highest BCUT2D eigenvalue weighted by Gasteiger charge is 2.30. The van der Waals surface area contributed by atoms with Gasteiger partial charge in [0, 0.05) is 18.0 Å². The van der Waals surface area contributed by atoms with Gasteiger partial charge in [0.25, 0.3) is 5.91 Å².